The van der Waals surface area contributed by atoms with Gasteiger partial charge in [0.15, 0.2) is 6.10 Å². The highest BCUT2D eigenvalue weighted by molar-refractivity contribution is 6.00. The lowest BCUT2D eigenvalue weighted by atomic mass is 10.2. The van der Waals surface area contributed by atoms with Crippen LogP contribution in [-0.2, 0) is 4.79 Å². The van der Waals surface area contributed by atoms with Crippen molar-refractivity contribution in [1.29, 1.82) is 0 Å². The number of aromatic nitrogens is 1. The second-order valence-electron chi connectivity index (χ2n) is 6.91. The Labute approximate surface area is 170 Å². The van der Waals surface area contributed by atoms with Gasteiger partial charge in [-0.25, -0.2) is 0 Å². The van der Waals surface area contributed by atoms with Crippen molar-refractivity contribution in [2.24, 2.45) is 0 Å². The van der Waals surface area contributed by atoms with Crippen molar-refractivity contribution in [3.05, 3.63) is 83.7 Å². The van der Waals surface area contributed by atoms with Crippen LogP contribution in [0.3, 0.4) is 0 Å². The standard InChI is InChI=1S/C23H25N3O3/c1-16-10-11-17(2)26(16)24-22(27)19-12-14-21(15-13-19)29-18(3)23(28)25(4)20-8-6-5-7-9-20/h5-15,18H,1-4H3,(H,24,27)/t18-/m0/s1. The maximum Gasteiger partial charge on any atom is 0.270 e. The summed E-state index contributed by atoms with van der Waals surface area (Å²) in [5.41, 5.74) is 6.07. The van der Waals surface area contributed by atoms with Gasteiger partial charge in [-0.3, -0.25) is 19.7 Å². The highest BCUT2D eigenvalue weighted by Gasteiger charge is 2.20. The van der Waals surface area contributed by atoms with Gasteiger partial charge < -0.3 is 9.64 Å². The maximum atomic E-state index is 12.6. The van der Waals surface area contributed by atoms with Gasteiger partial charge in [0, 0.05) is 29.7 Å². The van der Waals surface area contributed by atoms with E-state index in [-0.39, 0.29) is 11.8 Å². The Balaban J connectivity index is 1.62. The van der Waals surface area contributed by atoms with E-state index in [2.05, 4.69) is 5.43 Å². The Morgan fingerprint density at radius 2 is 1.52 bits per heavy atom. The third-order valence-electron chi connectivity index (χ3n) is 4.74. The lowest BCUT2D eigenvalue weighted by Gasteiger charge is -2.22. The van der Waals surface area contributed by atoms with E-state index in [0.717, 1.165) is 17.1 Å². The fraction of sp³-hybridized carbons (Fsp3) is 0.217. The number of rotatable bonds is 6. The molecule has 29 heavy (non-hydrogen) atoms. The molecule has 1 heterocycles. The summed E-state index contributed by atoms with van der Waals surface area (Å²) >= 11 is 0. The van der Waals surface area contributed by atoms with Crippen molar-refractivity contribution in [2.45, 2.75) is 26.9 Å². The van der Waals surface area contributed by atoms with E-state index in [4.69, 9.17) is 4.74 Å². The molecule has 0 radical (unpaired) electrons. The third kappa shape index (κ3) is 4.66. The first kappa shape index (κ1) is 20.2. The Morgan fingerprint density at radius 3 is 2.10 bits per heavy atom. The smallest absolute Gasteiger partial charge is 0.270 e. The van der Waals surface area contributed by atoms with E-state index >= 15 is 0 Å². The average Bonchev–Trinajstić information content (AvgIpc) is 3.05. The minimum atomic E-state index is -0.662. The highest BCUT2D eigenvalue weighted by Crippen LogP contribution is 2.17. The molecule has 2 aromatic carbocycles. The molecule has 150 valence electrons. The van der Waals surface area contributed by atoms with Crippen molar-refractivity contribution in [1.82, 2.24) is 4.68 Å². The Morgan fingerprint density at radius 1 is 0.931 bits per heavy atom. The normalized spacial score (nSPS) is 11.6. The summed E-state index contributed by atoms with van der Waals surface area (Å²) in [7, 11) is 1.72. The van der Waals surface area contributed by atoms with Gasteiger partial charge in [-0.2, -0.15) is 0 Å². The molecule has 2 amide bonds. The molecule has 0 aliphatic rings. The van der Waals surface area contributed by atoms with Gasteiger partial charge in [0.05, 0.1) is 0 Å². The van der Waals surface area contributed by atoms with E-state index in [1.807, 2.05) is 56.3 Å². The summed E-state index contributed by atoms with van der Waals surface area (Å²) < 4.78 is 7.51. The number of likely N-dealkylation sites (N-methyl/N-ethyl adjacent to an activating group) is 1. The number of hydrogen-bond donors (Lipinski definition) is 1. The number of para-hydroxylation sites is 1. The number of benzene rings is 2. The van der Waals surface area contributed by atoms with E-state index in [9.17, 15) is 9.59 Å². The zero-order chi connectivity index (χ0) is 21.0. The molecule has 1 aromatic heterocycles. The SMILES string of the molecule is Cc1ccc(C)n1NC(=O)c1ccc(O[C@@H](C)C(=O)N(C)c2ccccc2)cc1. The maximum absolute atomic E-state index is 12.6. The van der Waals surface area contributed by atoms with Crippen molar-refractivity contribution in [3.63, 3.8) is 0 Å². The zero-order valence-electron chi connectivity index (χ0n) is 17.0. The second-order valence-corrected chi connectivity index (χ2v) is 6.91. The van der Waals surface area contributed by atoms with Crippen LogP contribution in [0.1, 0.15) is 28.7 Å². The quantitative estimate of drug-likeness (QED) is 0.693. The third-order valence-corrected chi connectivity index (χ3v) is 4.74. The molecule has 0 saturated carbocycles. The predicted octanol–water partition coefficient (Wildman–Crippen LogP) is 3.92. The molecular weight excluding hydrogens is 366 g/mol. The van der Waals surface area contributed by atoms with Crippen molar-refractivity contribution < 1.29 is 14.3 Å². The van der Waals surface area contributed by atoms with Crippen LogP contribution >= 0.6 is 0 Å². The Hall–Kier alpha value is -3.54. The summed E-state index contributed by atoms with van der Waals surface area (Å²) in [6.07, 6.45) is -0.662. The summed E-state index contributed by atoms with van der Waals surface area (Å²) in [4.78, 5) is 26.6. The van der Waals surface area contributed by atoms with E-state index < -0.39 is 6.10 Å². The molecule has 6 heteroatoms. The number of ether oxygens (including phenoxy) is 1. The van der Waals surface area contributed by atoms with Crippen LogP contribution in [0.5, 0.6) is 5.75 Å². The predicted molar refractivity (Wildman–Crippen MR) is 114 cm³/mol. The molecule has 0 unspecified atom stereocenters. The van der Waals surface area contributed by atoms with Crippen molar-refractivity contribution in [3.8, 4) is 5.75 Å². The van der Waals surface area contributed by atoms with E-state index in [0.29, 0.717) is 11.3 Å². The van der Waals surface area contributed by atoms with E-state index in [1.54, 1.807) is 47.8 Å². The molecule has 3 rings (SSSR count). The largest absolute Gasteiger partial charge is 0.481 e. The fourth-order valence-electron chi connectivity index (χ4n) is 3.00. The van der Waals surface area contributed by atoms with Crippen molar-refractivity contribution >= 4 is 17.5 Å². The van der Waals surface area contributed by atoms with Gasteiger partial charge in [-0.1, -0.05) is 18.2 Å². The minimum Gasteiger partial charge on any atom is -0.481 e. The van der Waals surface area contributed by atoms with Gasteiger partial charge in [0.2, 0.25) is 0 Å². The first-order chi connectivity index (χ1) is 13.9. The number of aryl methyl sites for hydroxylation is 2. The van der Waals surface area contributed by atoms with Crippen LogP contribution in [0.25, 0.3) is 0 Å². The summed E-state index contributed by atoms with van der Waals surface area (Å²) in [6, 6.07) is 20.0. The molecule has 3 aromatic rings. The van der Waals surface area contributed by atoms with Gasteiger partial charge in [0.1, 0.15) is 5.75 Å². The number of nitrogens with zero attached hydrogens (tertiary/aromatic N) is 2. The molecule has 0 spiro atoms. The van der Waals surface area contributed by atoms with Gasteiger partial charge >= 0.3 is 0 Å². The van der Waals surface area contributed by atoms with Gasteiger partial charge in [-0.15, -0.1) is 0 Å². The lowest BCUT2D eigenvalue weighted by molar-refractivity contribution is -0.124. The molecular formula is C23H25N3O3. The number of anilines is 1. The number of nitrogens with one attached hydrogen (secondary N) is 1. The summed E-state index contributed by atoms with van der Waals surface area (Å²) in [5, 5.41) is 0. The summed E-state index contributed by atoms with van der Waals surface area (Å²) in [6.45, 7) is 5.56. The minimum absolute atomic E-state index is 0.156. The molecule has 1 atom stereocenters. The number of carbonyl (C=O) groups excluding carboxylic acids is 2. The first-order valence-corrected chi connectivity index (χ1v) is 9.42. The molecule has 6 nitrogen and oxygen atoms in total. The molecule has 0 fully saturated rings. The topological polar surface area (TPSA) is 63.6 Å². The molecule has 0 aliphatic carbocycles. The molecule has 0 saturated heterocycles. The Bertz CT molecular complexity index is 974. The molecule has 1 N–H and O–H groups in total. The second kappa shape index (κ2) is 8.65. The van der Waals surface area contributed by atoms with Crippen LogP contribution in [0, 0.1) is 13.8 Å². The highest BCUT2D eigenvalue weighted by atomic mass is 16.5. The van der Waals surface area contributed by atoms with Crippen LogP contribution in [0.2, 0.25) is 0 Å². The van der Waals surface area contributed by atoms with Gasteiger partial charge in [0.25, 0.3) is 11.8 Å². The fourth-order valence-corrected chi connectivity index (χ4v) is 3.00. The number of hydrogen-bond acceptors (Lipinski definition) is 3. The summed E-state index contributed by atoms with van der Waals surface area (Å²) in [5.74, 6) is 0.153. The molecule has 0 bridgehead atoms. The van der Waals surface area contributed by atoms with Crippen LogP contribution in [0.15, 0.2) is 66.7 Å². The van der Waals surface area contributed by atoms with Crippen molar-refractivity contribution in [2.75, 3.05) is 17.4 Å². The lowest BCUT2D eigenvalue weighted by Crippen LogP contribution is -2.38. The number of amides is 2. The zero-order valence-corrected chi connectivity index (χ0v) is 17.0. The number of carbonyl (C=O) groups is 2. The van der Waals surface area contributed by atoms with E-state index in [1.165, 1.54) is 0 Å². The van der Waals surface area contributed by atoms with Gasteiger partial charge in [-0.05, 0) is 69.3 Å². The van der Waals surface area contributed by atoms with Crippen LogP contribution in [-0.4, -0.2) is 29.6 Å². The monoisotopic (exact) mass is 391 g/mol. The molecule has 0 aliphatic heterocycles. The Kier molecular flexibility index (Phi) is 6.02. The van der Waals surface area contributed by atoms with Crippen LogP contribution in [0.4, 0.5) is 5.69 Å². The first-order valence-electron chi connectivity index (χ1n) is 9.42. The van der Waals surface area contributed by atoms with Crippen LogP contribution < -0.4 is 15.1 Å². The average molecular weight is 391 g/mol.